The van der Waals surface area contributed by atoms with Crippen molar-refractivity contribution in [2.24, 2.45) is 0 Å². The lowest BCUT2D eigenvalue weighted by molar-refractivity contribution is -0.156. The first-order chi connectivity index (χ1) is 12.7. The Labute approximate surface area is 156 Å². The molecule has 2 N–H and O–H groups in total. The summed E-state index contributed by atoms with van der Waals surface area (Å²) in [5.41, 5.74) is 0. The van der Waals surface area contributed by atoms with Gasteiger partial charge in [0.25, 0.3) is 5.91 Å². The van der Waals surface area contributed by atoms with E-state index in [9.17, 15) is 27.5 Å². The van der Waals surface area contributed by atoms with Crippen LogP contribution in [0.25, 0.3) is 0 Å². The number of halogens is 1. The topological polar surface area (TPSA) is 122 Å². The molecule has 9 nitrogen and oxygen atoms in total. The predicted octanol–water partition coefficient (Wildman–Crippen LogP) is -0.745. The van der Waals surface area contributed by atoms with Gasteiger partial charge >= 0.3 is 5.97 Å². The molecular weight excluding hydrogens is 383 g/mol. The summed E-state index contributed by atoms with van der Waals surface area (Å²) in [5, 5.41) is 9.75. The quantitative estimate of drug-likeness (QED) is 0.574. The molecular formula is C16H21FN2O7S. The number of rotatable bonds is 7. The summed E-state index contributed by atoms with van der Waals surface area (Å²) in [7, 11) is -4.21. The Morgan fingerprint density at radius 2 is 1.89 bits per heavy atom. The molecule has 0 radical (unpaired) electrons. The molecule has 1 aliphatic rings. The predicted molar refractivity (Wildman–Crippen MR) is 90.5 cm³/mol. The second-order valence-corrected chi connectivity index (χ2v) is 7.61. The first-order valence-electron chi connectivity index (χ1n) is 8.19. The third-order valence-electron chi connectivity index (χ3n) is 3.84. The van der Waals surface area contributed by atoms with Crippen LogP contribution in [0.1, 0.15) is 6.92 Å². The zero-order valence-electron chi connectivity index (χ0n) is 14.6. The van der Waals surface area contributed by atoms with Crippen molar-refractivity contribution >= 4 is 21.9 Å². The maximum Gasteiger partial charge on any atom is 0.327 e. The Bertz CT molecular complexity index is 761. The highest BCUT2D eigenvalue weighted by Gasteiger charge is 2.31. The Hall–Kier alpha value is -2.08. The Morgan fingerprint density at radius 3 is 2.44 bits per heavy atom. The molecule has 0 aliphatic carbocycles. The molecule has 0 unspecified atom stereocenters. The van der Waals surface area contributed by atoms with Gasteiger partial charge in [-0.2, -0.15) is 4.72 Å². The van der Waals surface area contributed by atoms with Crippen LogP contribution in [0.4, 0.5) is 4.39 Å². The molecule has 1 heterocycles. The van der Waals surface area contributed by atoms with Crippen LogP contribution < -0.4 is 4.72 Å². The van der Waals surface area contributed by atoms with Crippen molar-refractivity contribution in [1.82, 2.24) is 9.62 Å². The minimum absolute atomic E-state index is 0.285. The standard InChI is InChI=1S/C16H21FN2O7S/c1-11(20)15(18-27(23,24)13-4-2-12(17)3-5-13)16(22)26-10-14(21)19-6-8-25-9-7-19/h2-5,11,15,18,20H,6-10H2,1H3/t11-,15+/m1/s1. The molecule has 0 aromatic heterocycles. The normalized spacial score (nSPS) is 17.2. The molecule has 27 heavy (non-hydrogen) atoms. The van der Waals surface area contributed by atoms with Crippen molar-refractivity contribution in [3.8, 4) is 0 Å². The summed E-state index contributed by atoms with van der Waals surface area (Å²) in [5.74, 6) is -2.17. The zero-order valence-corrected chi connectivity index (χ0v) is 15.4. The van der Waals surface area contributed by atoms with Gasteiger partial charge in [-0.05, 0) is 31.2 Å². The SMILES string of the molecule is C[C@@H](O)[C@H](NS(=O)(=O)c1ccc(F)cc1)C(=O)OCC(=O)N1CCOCC1. The van der Waals surface area contributed by atoms with Gasteiger partial charge in [0.15, 0.2) is 6.61 Å². The average Bonchev–Trinajstić information content (AvgIpc) is 2.64. The summed E-state index contributed by atoms with van der Waals surface area (Å²) in [6.07, 6.45) is -1.42. The molecule has 2 atom stereocenters. The van der Waals surface area contributed by atoms with E-state index in [1.165, 1.54) is 11.8 Å². The molecule has 1 amide bonds. The minimum atomic E-state index is -4.21. The second-order valence-electron chi connectivity index (χ2n) is 5.89. The third-order valence-corrected chi connectivity index (χ3v) is 5.30. The van der Waals surface area contributed by atoms with E-state index in [4.69, 9.17) is 9.47 Å². The van der Waals surface area contributed by atoms with E-state index in [0.717, 1.165) is 24.3 Å². The molecule has 0 saturated carbocycles. The fraction of sp³-hybridized carbons (Fsp3) is 0.500. The minimum Gasteiger partial charge on any atom is -0.454 e. The van der Waals surface area contributed by atoms with Crippen molar-refractivity contribution in [2.45, 2.75) is 24.0 Å². The number of carbonyl (C=O) groups excluding carboxylic acids is 2. The number of amides is 1. The number of nitrogens with one attached hydrogen (secondary N) is 1. The molecule has 1 aliphatic heterocycles. The number of sulfonamides is 1. The maximum absolute atomic E-state index is 13.0. The molecule has 1 aromatic carbocycles. The van der Waals surface area contributed by atoms with Gasteiger partial charge in [-0.15, -0.1) is 0 Å². The van der Waals surface area contributed by atoms with Gasteiger partial charge in [0.2, 0.25) is 10.0 Å². The Kier molecular flexibility index (Phi) is 7.25. The van der Waals surface area contributed by atoms with Gasteiger partial charge in [-0.25, -0.2) is 12.8 Å². The lowest BCUT2D eigenvalue weighted by Crippen LogP contribution is -2.49. The highest BCUT2D eigenvalue weighted by Crippen LogP contribution is 2.12. The number of hydrogen-bond donors (Lipinski definition) is 2. The molecule has 1 fully saturated rings. The fourth-order valence-corrected chi connectivity index (χ4v) is 3.58. The van der Waals surface area contributed by atoms with Gasteiger partial charge in [-0.1, -0.05) is 0 Å². The number of nitrogens with zero attached hydrogens (tertiary/aromatic N) is 1. The average molecular weight is 404 g/mol. The van der Waals surface area contributed by atoms with E-state index in [0.29, 0.717) is 26.3 Å². The van der Waals surface area contributed by atoms with Crippen LogP contribution in [-0.4, -0.2) is 75.4 Å². The van der Waals surface area contributed by atoms with E-state index in [2.05, 4.69) is 0 Å². The van der Waals surface area contributed by atoms with Crippen LogP contribution in [0.5, 0.6) is 0 Å². The molecule has 11 heteroatoms. The third kappa shape index (κ3) is 5.96. The van der Waals surface area contributed by atoms with Crippen molar-refractivity contribution in [3.05, 3.63) is 30.1 Å². The van der Waals surface area contributed by atoms with Gasteiger partial charge < -0.3 is 19.5 Å². The number of benzene rings is 1. The number of hydrogen-bond acceptors (Lipinski definition) is 7. The van der Waals surface area contributed by atoms with Crippen molar-refractivity contribution in [1.29, 1.82) is 0 Å². The summed E-state index contributed by atoms with van der Waals surface area (Å²) in [6.45, 7) is 2.12. The molecule has 2 rings (SSSR count). The van der Waals surface area contributed by atoms with Crippen LogP contribution in [0.15, 0.2) is 29.2 Å². The molecule has 1 saturated heterocycles. The van der Waals surface area contributed by atoms with E-state index in [1.807, 2.05) is 4.72 Å². The number of aliphatic hydroxyl groups is 1. The Balaban J connectivity index is 1.99. The van der Waals surface area contributed by atoms with E-state index in [1.54, 1.807) is 0 Å². The first-order valence-corrected chi connectivity index (χ1v) is 9.67. The van der Waals surface area contributed by atoms with E-state index in [-0.39, 0.29) is 4.90 Å². The summed E-state index contributed by atoms with van der Waals surface area (Å²) >= 11 is 0. The largest absolute Gasteiger partial charge is 0.454 e. The zero-order chi connectivity index (χ0) is 20.0. The highest BCUT2D eigenvalue weighted by atomic mass is 32.2. The van der Waals surface area contributed by atoms with Gasteiger partial charge in [-0.3, -0.25) is 9.59 Å². The van der Waals surface area contributed by atoms with Crippen LogP contribution >= 0.6 is 0 Å². The number of morpholine rings is 1. The molecule has 0 bridgehead atoms. The monoisotopic (exact) mass is 404 g/mol. The summed E-state index contributed by atoms with van der Waals surface area (Å²) in [6, 6.07) is 2.31. The summed E-state index contributed by atoms with van der Waals surface area (Å²) in [4.78, 5) is 25.3. The van der Waals surface area contributed by atoms with Gasteiger partial charge in [0, 0.05) is 13.1 Å². The number of carbonyl (C=O) groups is 2. The fourth-order valence-electron chi connectivity index (χ4n) is 2.32. The highest BCUT2D eigenvalue weighted by molar-refractivity contribution is 7.89. The maximum atomic E-state index is 13.0. The lowest BCUT2D eigenvalue weighted by Gasteiger charge is -2.27. The number of aliphatic hydroxyl groups excluding tert-OH is 1. The smallest absolute Gasteiger partial charge is 0.327 e. The second kappa shape index (κ2) is 9.22. The van der Waals surface area contributed by atoms with Gasteiger partial charge in [0.05, 0.1) is 24.2 Å². The molecule has 1 aromatic rings. The van der Waals surface area contributed by atoms with Crippen molar-refractivity contribution < 1.29 is 37.0 Å². The summed E-state index contributed by atoms with van der Waals surface area (Å²) < 4.78 is 49.6. The van der Waals surface area contributed by atoms with Crippen LogP contribution in [0.2, 0.25) is 0 Å². The lowest BCUT2D eigenvalue weighted by atomic mass is 10.2. The van der Waals surface area contributed by atoms with Crippen LogP contribution in [-0.2, 0) is 29.1 Å². The van der Waals surface area contributed by atoms with Crippen LogP contribution in [0.3, 0.4) is 0 Å². The molecule has 150 valence electrons. The van der Waals surface area contributed by atoms with E-state index < -0.39 is 46.5 Å². The molecule has 0 spiro atoms. The Morgan fingerprint density at radius 1 is 1.30 bits per heavy atom. The van der Waals surface area contributed by atoms with Crippen molar-refractivity contribution in [2.75, 3.05) is 32.9 Å². The van der Waals surface area contributed by atoms with Crippen LogP contribution in [0, 0.1) is 5.82 Å². The van der Waals surface area contributed by atoms with Crippen molar-refractivity contribution in [3.63, 3.8) is 0 Å². The first kappa shape index (κ1) is 21.2. The number of ether oxygens (including phenoxy) is 2. The van der Waals surface area contributed by atoms with E-state index >= 15 is 0 Å². The van der Waals surface area contributed by atoms with Gasteiger partial charge in [0.1, 0.15) is 11.9 Å². The number of esters is 1.